The fraction of sp³-hybridized carbons (Fsp3) is 0.533. The maximum absolute atomic E-state index is 10.8. The molecule has 0 radical (unpaired) electrons. The molecule has 5 heteroatoms. The third kappa shape index (κ3) is 3.08. The molecule has 106 valence electrons. The van der Waals surface area contributed by atoms with Crippen LogP contribution in [0.15, 0.2) is 18.2 Å². The van der Waals surface area contributed by atoms with Crippen molar-refractivity contribution in [3.8, 4) is 11.8 Å². The number of nitrogens with zero attached hydrogens (tertiary/aromatic N) is 2. The van der Waals surface area contributed by atoms with E-state index in [-0.39, 0.29) is 17.4 Å². The first kappa shape index (κ1) is 14.3. The molecule has 0 aliphatic heterocycles. The largest absolute Gasteiger partial charge is 0.490 e. The van der Waals surface area contributed by atoms with Crippen molar-refractivity contribution < 1.29 is 9.66 Å². The minimum Gasteiger partial charge on any atom is -0.490 e. The van der Waals surface area contributed by atoms with Gasteiger partial charge in [-0.1, -0.05) is 13.3 Å². The molecule has 0 amide bonds. The van der Waals surface area contributed by atoms with Crippen LogP contribution in [0.5, 0.6) is 5.75 Å². The summed E-state index contributed by atoms with van der Waals surface area (Å²) < 4.78 is 5.96. The summed E-state index contributed by atoms with van der Waals surface area (Å²) in [6.07, 6.45) is 5.79. The molecule has 5 nitrogen and oxygen atoms in total. The Labute approximate surface area is 118 Å². The number of nitro benzene ring substituents is 1. The summed E-state index contributed by atoms with van der Waals surface area (Å²) in [6, 6.07) is 6.26. The van der Waals surface area contributed by atoms with E-state index < -0.39 is 4.92 Å². The van der Waals surface area contributed by atoms with Crippen LogP contribution in [-0.4, -0.2) is 11.0 Å². The molecule has 1 fully saturated rings. The highest BCUT2D eigenvalue weighted by molar-refractivity contribution is 5.52. The van der Waals surface area contributed by atoms with Gasteiger partial charge in [-0.15, -0.1) is 0 Å². The zero-order chi connectivity index (χ0) is 14.5. The molecule has 1 aliphatic carbocycles. The average molecular weight is 274 g/mol. The minimum absolute atomic E-state index is 0.0522. The van der Waals surface area contributed by atoms with Crippen LogP contribution in [0.2, 0.25) is 0 Å². The predicted molar refractivity (Wildman–Crippen MR) is 74.5 cm³/mol. The number of ether oxygens (including phenoxy) is 1. The standard InChI is InChI=1S/C15H18N2O3/c1-2-11-5-3-4-6-15(11)20-13-7-8-14(17(18)19)12(9-13)10-16/h7-9,11,15H,2-6H2,1H3. The van der Waals surface area contributed by atoms with Crippen LogP contribution in [0.3, 0.4) is 0 Å². The second-order valence-electron chi connectivity index (χ2n) is 5.16. The summed E-state index contributed by atoms with van der Waals surface area (Å²) >= 11 is 0. The average Bonchev–Trinajstić information content (AvgIpc) is 2.47. The van der Waals surface area contributed by atoms with Crippen molar-refractivity contribution in [1.82, 2.24) is 0 Å². The van der Waals surface area contributed by atoms with E-state index in [0.717, 1.165) is 19.3 Å². The van der Waals surface area contributed by atoms with Gasteiger partial charge < -0.3 is 4.74 Å². The van der Waals surface area contributed by atoms with Crippen molar-refractivity contribution >= 4 is 5.69 Å². The van der Waals surface area contributed by atoms with Crippen LogP contribution in [0.4, 0.5) is 5.69 Å². The molecule has 0 N–H and O–H groups in total. The lowest BCUT2D eigenvalue weighted by Crippen LogP contribution is -2.29. The Morgan fingerprint density at radius 3 is 2.85 bits per heavy atom. The normalized spacial score (nSPS) is 22.0. The molecular formula is C15H18N2O3. The summed E-state index contributed by atoms with van der Waals surface area (Å²) in [5.41, 5.74) is -0.119. The van der Waals surface area contributed by atoms with Crippen LogP contribution < -0.4 is 4.74 Å². The van der Waals surface area contributed by atoms with Crippen molar-refractivity contribution in [1.29, 1.82) is 5.26 Å². The van der Waals surface area contributed by atoms with E-state index in [9.17, 15) is 10.1 Å². The minimum atomic E-state index is -0.544. The predicted octanol–water partition coefficient (Wildman–Crippen LogP) is 3.81. The third-order valence-electron chi connectivity index (χ3n) is 3.94. The third-order valence-corrected chi connectivity index (χ3v) is 3.94. The van der Waals surface area contributed by atoms with Crippen LogP contribution in [0.1, 0.15) is 44.6 Å². The first-order valence-electron chi connectivity index (χ1n) is 7.01. The number of nitro groups is 1. The summed E-state index contributed by atoms with van der Waals surface area (Å²) in [7, 11) is 0. The number of hydrogen-bond acceptors (Lipinski definition) is 4. The smallest absolute Gasteiger partial charge is 0.287 e. The quantitative estimate of drug-likeness (QED) is 0.617. The molecule has 1 saturated carbocycles. The lowest BCUT2D eigenvalue weighted by atomic mass is 9.85. The van der Waals surface area contributed by atoms with Crippen LogP contribution in [0.25, 0.3) is 0 Å². The molecule has 0 saturated heterocycles. The SMILES string of the molecule is CCC1CCCCC1Oc1ccc([N+](=O)[O-])c(C#N)c1. The van der Waals surface area contributed by atoms with Gasteiger partial charge in [0.25, 0.3) is 5.69 Å². The molecule has 0 heterocycles. The maximum Gasteiger partial charge on any atom is 0.287 e. The fourth-order valence-corrected chi connectivity index (χ4v) is 2.81. The lowest BCUT2D eigenvalue weighted by Gasteiger charge is -2.31. The van der Waals surface area contributed by atoms with E-state index in [2.05, 4.69) is 6.92 Å². The molecule has 1 aliphatic rings. The van der Waals surface area contributed by atoms with Crippen molar-refractivity contribution in [2.45, 2.75) is 45.1 Å². The molecule has 1 aromatic rings. The summed E-state index contributed by atoms with van der Waals surface area (Å²) in [4.78, 5) is 10.3. The van der Waals surface area contributed by atoms with Crippen molar-refractivity contribution in [2.75, 3.05) is 0 Å². The monoisotopic (exact) mass is 274 g/mol. The van der Waals surface area contributed by atoms with Crippen LogP contribution in [-0.2, 0) is 0 Å². The van der Waals surface area contributed by atoms with Gasteiger partial charge in [0, 0.05) is 12.1 Å². The number of hydrogen-bond donors (Lipinski definition) is 0. The number of nitriles is 1. The van der Waals surface area contributed by atoms with Gasteiger partial charge in [0.2, 0.25) is 0 Å². The van der Waals surface area contributed by atoms with Gasteiger partial charge in [0.15, 0.2) is 0 Å². The van der Waals surface area contributed by atoms with Gasteiger partial charge in [0.05, 0.1) is 4.92 Å². The Morgan fingerprint density at radius 2 is 2.20 bits per heavy atom. The van der Waals surface area contributed by atoms with E-state index in [1.165, 1.54) is 25.0 Å². The molecule has 20 heavy (non-hydrogen) atoms. The second-order valence-corrected chi connectivity index (χ2v) is 5.16. The summed E-state index contributed by atoms with van der Waals surface area (Å²) in [6.45, 7) is 2.16. The Bertz CT molecular complexity index is 536. The highest BCUT2D eigenvalue weighted by Crippen LogP contribution is 2.32. The molecular weight excluding hydrogens is 256 g/mol. The van der Waals surface area contributed by atoms with E-state index in [0.29, 0.717) is 11.7 Å². The highest BCUT2D eigenvalue weighted by atomic mass is 16.6. The van der Waals surface area contributed by atoms with Crippen molar-refractivity contribution in [3.63, 3.8) is 0 Å². The Morgan fingerprint density at radius 1 is 1.45 bits per heavy atom. The van der Waals surface area contributed by atoms with Crippen molar-refractivity contribution in [2.24, 2.45) is 5.92 Å². The first-order chi connectivity index (χ1) is 9.65. The molecule has 0 spiro atoms. The molecule has 0 bridgehead atoms. The molecule has 1 aromatic carbocycles. The summed E-state index contributed by atoms with van der Waals surface area (Å²) in [5.74, 6) is 1.09. The van der Waals surface area contributed by atoms with Crippen LogP contribution >= 0.6 is 0 Å². The van der Waals surface area contributed by atoms with E-state index in [1.807, 2.05) is 6.07 Å². The van der Waals surface area contributed by atoms with Gasteiger partial charge in [-0.3, -0.25) is 10.1 Å². The lowest BCUT2D eigenvalue weighted by molar-refractivity contribution is -0.385. The van der Waals surface area contributed by atoms with Crippen molar-refractivity contribution in [3.05, 3.63) is 33.9 Å². The van der Waals surface area contributed by atoms with E-state index in [4.69, 9.17) is 10.00 Å². The zero-order valence-corrected chi connectivity index (χ0v) is 11.5. The summed E-state index contributed by atoms with van der Waals surface area (Å²) in [5, 5.41) is 19.8. The van der Waals surface area contributed by atoms with Gasteiger partial charge >= 0.3 is 0 Å². The van der Waals surface area contributed by atoms with Gasteiger partial charge in [0.1, 0.15) is 23.5 Å². The fourth-order valence-electron chi connectivity index (χ4n) is 2.81. The molecule has 0 aromatic heterocycles. The Kier molecular flexibility index (Phi) is 4.57. The van der Waals surface area contributed by atoms with E-state index in [1.54, 1.807) is 6.07 Å². The number of rotatable bonds is 4. The Balaban J connectivity index is 2.17. The van der Waals surface area contributed by atoms with Gasteiger partial charge in [-0.05, 0) is 37.7 Å². The molecule has 2 unspecified atom stereocenters. The molecule has 2 rings (SSSR count). The number of benzene rings is 1. The van der Waals surface area contributed by atoms with Crippen LogP contribution in [0, 0.1) is 27.4 Å². The first-order valence-corrected chi connectivity index (χ1v) is 7.01. The van der Waals surface area contributed by atoms with Gasteiger partial charge in [-0.25, -0.2) is 0 Å². The maximum atomic E-state index is 10.8. The second kappa shape index (κ2) is 6.38. The zero-order valence-electron chi connectivity index (χ0n) is 11.5. The van der Waals surface area contributed by atoms with E-state index >= 15 is 0 Å². The Hall–Kier alpha value is -2.09. The topological polar surface area (TPSA) is 76.2 Å². The highest BCUT2D eigenvalue weighted by Gasteiger charge is 2.25. The van der Waals surface area contributed by atoms with Gasteiger partial charge in [-0.2, -0.15) is 5.26 Å². The molecule has 2 atom stereocenters.